The first kappa shape index (κ1) is 18.0. The maximum Gasteiger partial charge on any atom is 0.170 e. The summed E-state index contributed by atoms with van der Waals surface area (Å²) in [5.74, 6) is 2.49. The molecule has 2 rings (SSSR count). The molecule has 0 aromatic heterocycles. The summed E-state index contributed by atoms with van der Waals surface area (Å²) in [6, 6.07) is 7.76. The van der Waals surface area contributed by atoms with Gasteiger partial charge in [0.2, 0.25) is 0 Å². The smallest absolute Gasteiger partial charge is 0.170 e. The van der Waals surface area contributed by atoms with Crippen LogP contribution in [0, 0.1) is 11.8 Å². The molecule has 1 saturated heterocycles. The van der Waals surface area contributed by atoms with Crippen molar-refractivity contribution in [1.82, 2.24) is 10.2 Å². The van der Waals surface area contributed by atoms with E-state index in [1.54, 1.807) is 7.11 Å². The number of hydrogen-bond acceptors (Lipinski definition) is 3. The van der Waals surface area contributed by atoms with E-state index in [0.29, 0.717) is 5.11 Å². The van der Waals surface area contributed by atoms with E-state index < -0.39 is 0 Å². The lowest BCUT2D eigenvalue weighted by molar-refractivity contribution is 0.140. The van der Waals surface area contributed by atoms with Crippen molar-refractivity contribution in [1.29, 1.82) is 0 Å². The predicted octanol–water partition coefficient (Wildman–Crippen LogP) is 3.35. The summed E-state index contributed by atoms with van der Waals surface area (Å²) in [4.78, 5) is 2.58. The Morgan fingerprint density at radius 2 is 1.87 bits per heavy atom. The highest BCUT2D eigenvalue weighted by Crippen LogP contribution is 2.20. The second-order valence-electron chi connectivity index (χ2n) is 6.67. The van der Waals surface area contributed by atoms with Crippen molar-refractivity contribution in [3.63, 3.8) is 0 Å². The minimum atomic E-state index is 0.676. The highest BCUT2D eigenvalue weighted by Gasteiger charge is 2.20. The van der Waals surface area contributed by atoms with Crippen molar-refractivity contribution in [2.24, 2.45) is 11.8 Å². The summed E-state index contributed by atoms with van der Waals surface area (Å²) in [5, 5.41) is 7.16. The lowest BCUT2D eigenvalue weighted by atomic mass is 9.92. The van der Waals surface area contributed by atoms with E-state index in [0.717, 1.165) is 42.8 Å². The number of ether oxygens (including phenoxy) is 1. The number of piperidine rings is 1. The van der Waals surface area contributed by atoms with Crippen LogP contribution in [0.4, 0.5) is 5.69 Å². The first-order chi connectivity index (χ1) is 11.1. The zero-order valence-electron chi connectivity index (χ0n) is 14.5. The molecule has 0 saturated carbocycles. The molecule has 0 aliphatic carbocycles. The number of nitrogens with zero attached hydrogens (tertiary/aromatic N) is 1. The van der Waals surface area contributed by atoms with Gasteiger partial charge in [0.25, 0.3) is 0 Å². The van der Waals surface area contributed by atoms with E-state index in [9.17, 15) is 0 Å². The van der Waals surface area contributed by atoms with Crippen LogP contribution in [0.2, 0.25) is 0 Å². The predicted molar refractivity (Wildman–Crippen MR) is 101 cm³/mol. The molecule has 0 unspecified atom stereocenters. The Bertz CT molecular complexity index is 482. The lowest BCUT2D eigenvalue weighted by Gasteiger charge is -2.34. The van der Waals surface area contributed by atoms with Crippen LogP contribution in [0.25, 0.3) is 0 Å². The molecule has 1 aliphatic rings. The molecule has 0 radical (unpaired) electrons. The van der Waals surface area contributed by atoms with Gasteiger partial charge in [-0.2, -0.15) is 0 Å². The average Bonchev–Trinajstić information content (AvgIpc) is 2.51. The number of thiocarbonyl (C=S) groups is 1. The molecule has 2 atom stereocenters. The van der Waals surface area contributed by atoms with Gasteiger partial charge in [0, 0.05) is 25.3 Å². The summed E-state index contributed by atoms with van der Waals surface area (Å²) >= 11 is 5.34. The van der Waals surface area contributed by atoms with Crippen LogP contribution in [-0.2, 0) is 0 Å². The number of likely N-dealkylation sites (tertiary alicyclic amines) is 1. The Morgan fingerprint density at radius 1 is 1.22 bits per heavy atom. The third-order valence-corrected chi connectivity index (χ3v) is 4.48. The van der Waals surface area contributed by atoms with Gasteiger partial charge in [-0.1, -0.05) is 13.8 Å². The Balaban J connectivity index is 1.62. The van der Waals surface area contributed by atoms with Gasteiger partial charge >= 0.3 is 0 Å². The second kappa shape index (κ2) is 9.08. The van der Waals surface area contributed by atoms with E-state index >= 15 is 0 Å². The molecule has 1 aromatic rings. The molecule has 5 heteroatoms. The highest BCUT2D eigenvalue weighted by atomic mass is 32.1. The fraction of sp³-hybridized carbons (Fsp3) is 0.611. The Morgan fingerprint density at radius 3 is 2.48 bits per heavy atom. The summed E-state index contributed by atoms with van der Waals surface area (Å²) < 4.78 is 5.15. The number of methoxy groups -OCH3 is 1. The second-order valence-corrected chi connectivity index (χ2v) is 7.08. The topological polar surface area (TPSA) is 36.5 Å². The molecule has 1 aliphatic heterocycles. The third-order valence-electron chi connectivity index (χ3n) is 4.23. The molecule has 1 heterocycles. The summed E-state index contributed by atoms with van der Waals surface area (Å²) in [6.07, 6.45) is 2.48. The summed E-state index contributed by atoms with van der Waals surface area (Å²) in [5.41, 5.74) is 0.974. The number of anilines is 1. The Labute approximate surface area is 145 Å². The molecular weight excluding hydrogens is 306 g/mol. The molecule has 1 aromatic carbocycles. The minimum Gasteiger partial charge on any atom is -0.497 e. The third kappa shape index (κ3) is 6.36. The van der Waals surface area contributed by atoms with Gasteiger partial charge in [0.15, 0.2) is 5.11 Å². The maximum atomic E-state index is 5.34. The van der Waals surface area contributed by atoms with Crippen LogP contribution in [0.15, 0.2) is 24.3 Å². The van der Waals surface area contributed by atoms with Crippen LogP contribution in [-0.4, -0.2) is 43.3 Å². The van der Waals surface area contributed by atoms with Crippen molar-refractivity contribution in [3.05, 3.63) is 24.3 Å². The molecule has 2 N–H and O–H groups in total. The number of nitrogens with one attached hydrogen (secondary N) is 2. The standard InChI is InChI=1S/C18H29N3OS/c1-14-11-15(2)13-21(12-14)10-4-9-19-18(23)20-16-5-7-17(22-3)8-6-16/h5-8,14-15H,4,9-13H2,1-3H3,(H2,19,20,23)/t14-,15-/m0/s1. The Hall–Kier alpha value is -1.33. The van der Waals surface area contributed by atoms with Crippen molar-refractivity contribution in [2.45, 2.75) is 26.7 Å². The fourth-order valence-corrected chi connectivity index (χ4v) is 3.55. The van der Waals surface area contributed by atoms with E-state index in [1.807, 2.05) is 24.3 Å². The minimum absolute atomic E-state index is 0.676. The van der Waals surface area contributed by atoms with Crippen LogP contribution < -0.4 is 15.4 Å². The largest absolute Gasteiger partial charge is 0.497 e. The van der Waals surface area contributed by atoms with E-state index in [2.05, 4.69) is 29.4 Å². The number of benzene rings is 1. The van der Waals surface area contributed by atoms with Crippen LogP contribution >= 0.6 is 12.2 Å². The first-order valence-corrected chi connectivity index (χ1v) is 8.89. The normalized spacial score (nSPS) is 21.7. The van der Waals surface area contributed by atoms with Crippen molar-refractivity contribution >= 4 is 23.0 Å². The van der Waals surface area contributed by atoms with Gasteiger partial charge in [-0.3, -0.25) is 0 Å². The molecule has 128 valence electrons. The van der Waals surface area contributed by atoms with Gasteiger partial charge in [-0.05, 0) is 67.7 Å². The van der Waals surface area contributed by atoms with E-state index in [1.165, 1.54) is 19.5 Å². The van der Waals surface area contributed by atoms with Crippen LogP contribution in [0.3, 0.4) is 0 Å². The Kier molecular flexibility index (Phi) is 7.12. The first-order valence-electron chi connectivity index (χ1n) is 8.48. The molecule has 4 nitrogen and oxygen atoms in total. The zero-order valence-corrected chi connectivity index (χ0v) is 15.3. The highest BCUT2D eigenvalue weighted by molar-refractivity contribution is 7.80. The van der Waals surface area contributed by atoms with Gasteiger partial charge in [-0.15, -0.1) is 0 Å². The van der Waals surface area contributed by atoms with Gasteiger partial charge < -0.3 is 20.3 Å². The van der Waals surface area contributed by atoms with Gasteiger partial charge in [-0.25, -0.2) is 0 Å². The maximum absolute atomic E-state index is 5.34. The average molecular weight is 336 g/mol. The van der Waals surface area contributed by atoms with Crippen LogP contribution in [0.5, 0.6) is 5.75 Å². The van der Waals surface area contributed by atoms with Gasteiger partial charge in [0.05, 0.1) is 7.11 Å². The molecule has 0 bridgehead atoms. The molecule has 1 fully saturated rings. The molecule has 0 spiro atoms. The van der Waals surface area contributed by atoms with Crippen LogP contribution in [0.1, 0.15) is 26.7 Å². The van der Waals surface area contributed by atoms with Crippen molar-refractivity contribution in [2.75, 3.05) is 38.6 Å². The van der Waals surface area contributed by atoms with E-state index in [4.69, 9.17) is 17.0 Å². The quantitative estimate of drug-likeness (QED) is 0.616. The fourth-order valence-electron chi connectivity index (χ4n) is 3.33. The molecule has 23 heavy (non-hydrogen) atoms. The summed E-state index contributed by atoms with van der Waals surface area (Å²) in [6.45, 7) is 9.23. The summed E-state index contributed by atoms with van der Waals surface area (Å²) in [7, 11) is 1.67. The number of rotatable bonds is 6. The van der Waals surface area contributed by atoms with Gasteiger partial charge in [0.1, 0.15) is 5.75 Å². The molecule has 0 amide bonds. The monoisotopic (exact) mass is 335 g/mol. The molecular formula is C18H29N3OS. The number of hydrogen-bond donors (Lipinski definition) is 2. The zero-order chi connectivity index (χ0) is 16.7. The SMILES string of the molecule is COc1ccc(NC(=S)NCCCN2C[C@@H](C)C[C@H](C)C2)cc1. The van der Waals surface area contributed by atoms with Crippen molar-refractivity contribution < 1.29 is 4.74 Å². The van der Waals surface area contributed by atoms with E-state index in [-0.39, 0.29) is 0 Å². The lowest BCUT2D eigenvalue weighted by Crippen LogP contribution is -2.40. The van der Waals surface area contributed by atoms with Crippen molar-refractivity contribution in [3.8, 4) is 5.75 Å².